The summed E-state index contributed by atoms with van der Waals surface area (Å²) in [5.41, 5.74) is 8.86. The van der Waals surface area contributed by atoms with Crippen LogP contribution in [0.4, 0.5) is 20.3 Å². The van der Waals surface area contributed by atoms with Crippen LogP contribution in [-0.2, 0) is 12.8 Å². The standard InChI is InChI=1S/C25H30F2N6OS/c1-3-29-20-12-33(11-15(20)10-26)21-7-4-14-8-16(5-6-19(14)32-21)31-24(34)23-22(28)17-9-18(27)13(2)30-25(17)35-23/h4,7,9,15-16,20,29H,3,5-6,8,10-12,28H2,1-2H3,(H,31,34). The van der Waals surface area contributed by atoms with Crippen LogP contribution < -0.4 is 21.3 Å². The SMILES string of the molecule is CCNC1CN(c2ccc3c(n2)CCC(NC(=O)c2sc4nc(C)c(F)cc4c2N)C3)CC1CF. The molecule has 3 aromatic heterocycles. The smallest absolute Gasteiger partial charge is 0.263 e. The van der Waals surface area contributed by atoms with E-state index in [2.05, 4.69) is 26.6 Å². The van der Waals surface area contributed by atoms with Crippen molar-refractivity contribution in [3.8, 4) is 0 Å². The maximum atomic E-state index is 13.9. The van der Waals surface area contributed by atoms with Gasteiger partial charge in [0.05, 0.1) is 18.1 Å². The molecule has 0 spiro atoms. The molecule has 0 aromatic carbocycles. The van der Waals surface area contributed by atoms with Crippen molar-refractivity contribution in [3.05, 3.63) is 45.8 Å². The van der Waals surface area contributed by atoms with Crippen molar-refractivity contribution in [1.29, 1.82) is 0 Å². The van der Waals surface area contributed by atoms with Gasteiger partial charge in [-0.15, -0.1) is 11.3 Å². The monoisotopic (exact) mass is 500 g/mol. The van der Waals surface area contributed by atoms with E-state index in [9.17, 15) is 13.6 Å². The molecule has 5 rings (SSSR count). The number of halogens is 2. The number of fused-ring (bicyclic) bond motifs is 2. The van der Waals surface area contributed by atoms with Crippen molar-refractivity contribution >= 4 is 39.0 Å². The molecule has 0 bridgehead atoms. The van der Waals surface area contributed by atoms with Gasteiger partial charge in [0.15, 0.2) is 0 Å². The Morgan fingerprint density at radius 1 is 1.31 bits per heavy atom. The molecule has 4 heterocycles. The molecule has 3 unspecified atom stereocenters. The van der Waals surface area contributed by atoms with Crippen molar-refractivity contribution < 1.29 is 13.6 Å². The highest BCUT2D eigenvalue weighted by Gasteiger charge is 2.33. The number of nitrogens with zero attached hydrogens (tertiary/aromatic N) is 3. The third-order valence-corrected chi connectivity index (χ3v) is 8.18. The van der Waals surface area contributed by atoms with Crippen molar-refractivity contribution in [2.45, 2.75) is 45.2 Å². The van der Waals surface area contributed by atoms with Gasteiger partial charge in [-0.3, -0.25) is 9.18 Å². The fraction of sp³-hybridized carbons (Fsp3) is 0.480. The summed E-state index contributed by atoms with van der Waals surface area (Å²) in [7, 11) is 0. The predicted octanol–water partition coefficient (Wildman–Crippen LogP) is 3.39. The Labute approximate surface area is 207 Å². The molecular formula is C25H30F2N6OS. The van der Waals surface area contributed by atoms with Gasteiger partial charge in [-0.25, -0.2) is 14.4 Å². The zero-order valence-electron chi connectivity index (χ0n) is 19.9. The summed E-state index contributed by atoms with van der Waals surface area (Å²) in [4.78, 5) is 25.2. The van der Waals surface area contributed by atoms with Crippen LogP contribution in [0.3, 0.4) is 0 Å². The first-order valence-corrected chi connectivity index (χ1v) is 12.9. The molecule has 2 aliphatic rings. The van der Waals surface area contributed by atoms with Crippen LogP contribution in [0.25, 0.3) is 10.2 Å². The van der Waals surface area contributed by atoms with E-state index in [0.717, 1.165) is 43.0 Å². The number of amides is 1. The number of likely N-dealkylation sites (N-methyl/N-ethyl adjacent to an activating group) is 1. The summed E-state index contributed by atoms with van der Waals surface area (Å²) in [6.07, 6.45) is 2.19. The summed E-state index contributed by atoms with van der Waals surface area (Å²) < 4.78 is 27.4. The number of nitrogens with one attached hydrogen (secondary N) is 2. The van der Waals surface area contributed by atoms with E-state index in [1.807, 2.05) is 13.0 Å². The normalized spacial score (nSPS) is 21.9. The number of alkyl halides is 1. The Kier molecular flexibility index (Phi) is 6.59. The lowest BCUT2D eigenvalue weighted by Crippen LogP contribution is -2.39. The molecule has 1 amide bonds. The van der Waals surface area contributed by atoms with Gasteiger partial charge in [-0.1, -0.05) is 13.0 Å². The highest BCUT2D eigenvalue weighted by Crippen LogP contribution is 2.34. The molecular weight excluding hydrogens is 470 g/mol. The van der Waals surface area contributed by atoms with Gasteiger partial charge in [0.25, 0.3) is 5.91 Å². The topological polar surface area (TPSA) is 96.2 Å². The lowest BCUT2D eigenvalue weighted by atomic mass is 9.91. The Hall–Kier alpha value is -2.85. The number of thiophene rings is 1. The number of hydrogen-bond donors (Lipinski definition) is 3. The van der Waals surface area contributed by atoms with Crippen LogP contribution in [0.15, 0.2) is 18.2 Å². The molecule has 1 saturated heterocycles. The summed E-state index contributed by atoms with van der Waals surface area (Å²) in [6, 6.07) is 5.51. The number of aryl methyl sites for hydroxylation is 2. The number of anilines is 2. The molecule has 1 fully saturated rings. The van der Waals surface area contributed by atoms with E-state index in [1.165, 1.54) is 17.4 Å². The molecule has 35 heavy (non-hydrogen) atoms. The molecule has 0 saturated carbocycles. The molecule has 10 heteroatoms. The number of hydrogen-bond acceptors (Lipinski definition) is 7. The van der Waals surface area contributed by atoms with Crippen LogP contribution in [0, 0.1) is 18.7 Å². The number of pyridine rings is 2. The van der Waals surface area contributed by atoms with Gasteiger partial charge in [0.1, 0.15) is 21.3 Å². The summed E-state index contributed by atoms with van der Waals surface area (Å²) in [5.74, 6) is 0.170. The second-order valence-corrected chi connectivity index (χ2v) is 10.4. The van der Waals surface area contributed by atoms with Gasteiger partial charge < -0.3 is 21.3 Å². The number of aromatic nitrogens is 2. The van der Waals surface area contributed by atoms with Gasteiger partial charge in [0, 0.05) is 42.2 Å². The number of rotatable bonds is 6. The van der Waals surface area contributed by atoms with Crippen LogP contribution >= 0.6 is 11.3 Å². The molecule has 4 N–H and O–H groups in total. The maximum absolute atomic E-state index is 13.9. The summed E-state index contributed by atoms with van der Waals surface area (Å²) >= 11 is 1.19. The average molecular weight is 501 g/mol. The number of nitrogen functional groups attached to an aromatic ring is 1. The first-order chi connectivity index (χ1) is 16.9. The molecule has 1 aliphatic heterocycles. The van der Waals surface area contributed by atoms with E-state index in [-0.39, 0.29) is 42.0 Å². The van der Waals surface area contributed by atoms with Crippen LogP contribution in [0.1, 0.15) is 40.0 Å². The molecule has 186 valence electrons. The number of nitrogens with two attached hydrogens (primary N) is 1. The molecule has 7 nitrogen and oxygen atoms in total. The minimum absolute atomic E-state index is 0.0238. The van der Waals surface area contributed by atoms with Gasteiger partial charge in [-0.2, -0.15) is 0 Å². The quantitative estimate of drug-likeness (QED) is 0.480. The number of carbonyl (C=O) groups excluding carboxylic acids is 1. The van der Waals surface area contributed by atoms with Gasteiger partial charge in [0.2, 0.25) is 0 Å². The van der Waals surface area contributed by atoms with E-state index in [1.54, 1.807) is 6.92 Å². The highest BCUT2D eigenvalue weighted by atomic mass is 32.1. The summed E-state index contributed by atoms with van der Waals surface area (Å²) in [5, 5.41) is 6.95. The molecule has 3 atom stereocenters. The van der Waals surface area contributed by atoms with Crippen LogP contribution in [-0.4, -0.2) is 54.3 Å². The zero-order valence-corrected chi connectivity index (χ0v) is 20.7. The predicted molar refractivity (Wildman–Crippen MR) is 135 cm³/mol. The molecule has 3 aromatic rings. The van der Waals surface area contributed by atoms with E-state index in [4.69, 9.17) is 10.7 Å². The second kappa shape index (κ2) is 9.66. The number of carbonyl (C=O) groups is 1. The first-order valence-electron chi connectivity index (χ1n) is 12.1. The minimum atomic E-state index is -0.434. The Bertz CT molecular complexity index is 1260. The van der Waals surface area contributed by atoms with Crippen LogP contribution in [0.5, 0.6) is 0 Å². The lowest BCUT2D eigenvalue weighted by molar-refractivity contribution is 0.0938. The fourth-order valence-electron chi connectivity index (χ4n) is 5.13. The van der Waals surface area contributed by atoms with E-state index in [0.29, 0.717) is 28.1 Å². The van der Waals surface area contributed by atoms with Crippen molar-refractivity contribution in [3.63, 3.8) is 0 Å². The Morgan fingerprint density at radius 2 is 2.14 bits per heavy atom. The third-order valence-electron chi connectivity index (χ3n) is 7.07. The first kappa shape index (κ1) is 23.9. The molecule has 1 aliphatic carbocycles. The van der Waals surface area contributed by atoms with Crippen LogP contribution in [0.2, 0.25) is 0 Å². The van der Waals surface area contributed by atoms with Gasteiger partial charge >= 0.3 is 0 Å². The second-order valence-electron chi connectivity index (χ2n) is 9.43. The average Bonchev–Trinajstić information content (AvgIpc) is 3.40. The Morgan fingerprint density at radius 3 is 2.91 bits per heavy atom. The van der Waals surface area contributed by atoms with Gasteiger partial charge in [-0.05, 0) is 50.4 Å². The molecule has 0 radical (unpaired) electrons. The van der Waals surface area contributed by atoms with E-state index >= 15 is 0 Å². The lowest BCUT2D eigenvalue weighted by Gasteiger charge is -2.26. The third kappa shape index (κ3) is 4.56. The maximum Gasteiger partial charge on any atom is 0.263 e. The highest BCUT2D eigenvalue weighted by molar-refractivity contribution is 7.21. The van der Waals surface area contributed by atoms with Crippen molar-refractivity contribution in [2.75, 3.05) is 36.9 Å². The minimum Gasteiger partial charge on any atom is -0.397 e. The zero-order chi connectivity index (χ0) is 24.7. The van der Waals surface area contributed by atoms with Crippen molar-refractivity contribution in [1.82, 2.24) is 20.6 Å². The summed E-state index contributed by atoms with van der Waals surface area (Å²) in [6.45, 7) is 5.52. The van der Waals surface area contributed by atoms with Crippen molar-refractivity contribution in [2.24, 2.45) is 5.92 Å². The Balaban J connectivity index is 1.27. The fourth-order valence-corrected chi connectivity index (χ4v) is 6.16. The van der Waals surface area contributed by atoms with E-state index < -0.39 is 5.82 Å². The largest absolute Gasteiger partial charge is 0.397 e.